The van der Waals surface area contributed by atoms with Crippen molar-refractivity contribution in [2.75, 3.05) is 12.4 Å². The first-order chi connectivity index (χ1) is 6.37. The van der Waals surface area contributed by atoms with Crippen molar-refractivity contribution in [3.05, 3.63) is 0 Å². The summed E-state index contributed by atoms with van der Waals surface area (Å²) >= 11 is 1.81. The maximum atomic E-state index is 11.1. The van der Waals surface area contributed by atoms with Crippen LogP contribution in [0.1, 0.15) is 34.1 Å². The molecule has 1 atom stereocenters. The summed E-state index contributed by atoms with van der Waals surface area (Å²) in [7, 11) is 0. The zero-order chi connectivity index (χ0) is 11.2. The number of ether oxygens (including phenoxy) is 1. The number of carbonyl (C=O) groups excluding carboxylic acids is 1. The first kappa shape index (κ1) is 13.8. The van der Waals surface area contributed by atoms with Gasteiger partial charge in [-0.1, -0.05) is 20.8 Å². The van der Waals surface area contributed by atoms with Crippen molar-refractivity contribution in [1.29, 1.82) is 0 Å². The zero-order valence-corrected chi connectivity index (χ0v) is 10.3. The Morgan fingerprint density at radius 2 is 2.07 bits per heavy atom. The molecular weight excluding hydrogens is 198 g/mol. The van der Waals surface area contributed by atoms with E-state index in [-0.39, 0.29) is 10.7 Å². The van der Waals surface area contributed by atoms with Crippen LogP contribution < -0.4 is 5.73 Å². The number of hydrogen-bond donors (Lipinski definition) is 1. The van der Waals surface area contributed by atoms with Crippen LogP contribution in [0.3, 0.4) is 0 Å². The Morgan fingerprint density at radius 3 is 2.50 bits per heavy atom. The van der Waals surface area contributed by atoms with Gasteiger partial charge < -0.3 is 10.5 Å². The minimum atomic E-state index is -0.468. The Kier molecular flexibility index (Phi) is 6.20. The fraction of sp³-hybridized carbons (Fsp3) is 0.900. The van der Waals surface area contributed by atoms with Crippen LogP contribution in [0.4, 0.5) is 0 Å². The van der Waals surface area contributed by atoms with E-state index in [0.717, 1.165) is 5.75 Å². The maximum Gasteiger partial charge on any atom is 0.322 e. The maximum absolute atomic E-state index is 11.1. The SMILES string of the molecule is CCOC(=O)C(N)CCSC(C)(C)C. The summed E-state index contributed by atoms with van der Waals surface area (Å²) in [4.78, 5) is 11.1. The lowest BCUT2D eigenvalue weighted by atomic mass is 10.2. The molecule has 0 saturated heterocycles. The highest BCUT2D eigenvalue weighted by molar-refractivity contribution is 8.00. The van der Waals surface area contributed by atoms with Gasteiger partial charge >= 0.3 is 5.97 Å². The van der Waals surface area contributed by atoms with Gasteiger partial charge in [-0.25, -0.2) is 0 Å². The van der Waals surface area contributed by atoms with Crippen LogP contribution in [0.25, 0.3) is 0 Å². The molecule has 4 heteroatoms. The minimum Gasteiger partial charge on any atom is -0.465 e. The summed E-state index contributed by atoms with van der Waals surface area (Å²) in [5, 5.41) is 0. The van der Waals surface area contributed by atoms with Crippen molar-refractivity contribution in [3.63, 3.8) is 0 Å². The van der Waals surface area contributed by atoms with Crippen molar-refractivity contribution in [2.45, 2.75) is 44.9 Å². The predicted molar refractivity (Wildman–Crippen MR) is 61.4 cm³/mol. The molecule has 0 aliphatic rings. The normalized spacial score (nSPS) is 13.8. The van der Waals surface area contributed by atoms with Crippen molar-refractivity contribution in [2.24, 2.45) is 5.73 Å². The van der Waals surface area contributed by atoms with Gasteiger partial charge in [0.15, 0.2) is 0 Å². The summed E-state index contributed by atoms with van der Waals surface area (Å²) in [5.74, 6) is 0.603. The number of carbonyl (C=O) groups is 1. The second kappa shape index (κ2) is 6.30. The number of rotatable bonds is 5. The Bertz CT molecular complexity index is 177. The van der Waals surface area contributed by atoms with E-state index < -0.39 is 6.04 Å². The molecule has 0 bridgehead atoms. The van der Waals surface area contributed by atoms with Gasteiger partial charge in [-0.15, -0.1) is 0 Å². The second-order valence-corrected chi connectivity index (χ2v) is 6.03. The zero-order valence-electron chi connectivity index (χ0n) is 9.50. The van der Waals surface area contributed by atoms with Gasteiger partial charge in [-0.2, -0.15) is 11.8 Å². The van der Waals surface area contributed by atoms with Crippen molar-refractivity contribution in [1.82, 2.24) is 0 Å². The quantitative estimate of drug-likeness (QED) is 0.716. The molecule has 1 unspecified atom stereocenters. The molecule has 0 spiro atoms. The first-order valence-corrected chi connectivity index (χ1v) is 5.91. The summed E-state index contributed by atoms with van der Waals surface area (Å²) in [6.07, 6.45) is 0.681. The van der Waals surface area contributed by atoms with Crippen LogP contribution in [0.5, 0.6) is 0 Å². The van der Waals surface area contributed by atoms with Gasteiger partial charge in [-0.05, 0) is 19.1 Å². The lowest BCUT2D eigenvalue weighted by molar-refractivity contribution is -0.144. The van der Waals surface area contributed by atoms with Crippen molar-refractivity contribution in [3.8, 4) is 0 Å². The first-order valence-electron chi connectivity index (χ1n) is 4.93. The molecule has 0 aliphatic carbocycles. The number of thioether (sulfide) groups is 1. The molecule has 84 valence electrons. The van der Waals surface area contributed by atoms with Crippen LogP contribution in [0, 0.1) is 0 Å². The summed E-state index contributed by atoms with van der Waals surface area (Å²) in [6, 6.07) is -0.468. The van der Waals surface area contributed by atoms with Gasteiger partial charge in [0.05, 0.1) is 6.61 Å². The van der Waals surface area contributed by atoms with Crippen molar-refractivity contribution >= 4 is 17.7 Å². The van der Waals surface area contributed by atoms with E-state index in [4.69, 9.17) is 10.5 Å². The monoisotopic (exact) mass is 219 g/mol. The van der Waals surface area contributed by atoms with E-state index in [1.54, 1.807) is 6.92 Å². The van der Waals surface area contributed by atoms with E-state index in [1.807, 2.05) is 11.8 Å². The van der Waals surface area contributed by atoms with E-state index in [2.05, 4.69) is 20.8 Å². The molecule has 0 rings (SSSR count). The summed E-state index contributed by atoms with van der Waals surface area (Å²) < 4.78 is 5.04. The fourth-order valence-electron chi connectivity index (χ4n) is 0.859. The molecule has 0 heterocycles. The van der Waals surface area contributed by atoms with Gasteiger partial charge in [0.25, 0.3) is 0 Å². The van der Waals surface area contributed by atoms with Crippen LogP contribution in [0.15, 0.2) is 0 Å². The molecule has 3 nitrogen and oxygen atoms in total. The predicted octanol–water partition coefficient (Wildman–Crippen LogP) is 1.80. The lowest BCUT2D eigenvalue weighted by Gasteiger charge is -2.18. The van der Waals surface area contributed by atoms with Gasteiger partial charge in [0.2, 0.25) is 0 Å². The molecule has 14 heavy (non-hydrogen) atoms. The van der Waals surface area contributed by atoms with E-state index in [9.17, 15) is 4.79 Å². The minimum absolute atomic E-state index is 0.231. The van der Waals surface area contributed by atoms with Gasteiger partial charge in [-0.3, -0.25) is 4.79 Å². The standard InChI is InChI=1S/C10H21NO2S/c1-5-13-9(12)8(11)6-7-14-10(2,3)4/h8H,5-7,11H2,1-4H3. The highest BCUT2D eigenvalue weighted by Crippen LogP contribution is 2.23. The number of esters is 1. The molecule has 0 aromatic heterocycles. The molecule has 0 saturated carbocycles. The van der Waals surface area contributed by atoms with E-state index in [0.29, 0.717) is 13.0 Å². The third kappa shape index (κ3) is 7.21. The highest BCUT2D eigenvalue weighted by atomic mass is 32.2. The van der Waals surface area contributed by atoms with E-state index in [1.165, 1.54) is 0 Å². The fourth-order valence-corrected chi connectivity index (χ4v) is 1.84. The van der Waals surface area contributed by atoms with Crippen LogP contribution in [-0.4, -0.2) is 29.1 Å². The topological polar surface area (TPSA) is 52.3 Å². The molecule has 2 N–H and O–H groups in total. The second-order valence-electron chi connectivity index (χ2n) is 4.11. The Labute approximate surface area is 90.8 Å². The molecule has 0 aromatic carbocycles. The molecule has 0 fully saturated rings. The number of hydrogen-bond acceptors (Lipinski definition) is 4. The molecule has 0 aromatic rings. The average Bonchev–Trinajstić information content (AvgIpc) is 2.02. The van der Waals surface area contributed by atoms with E-state index >= 15 is 0 Å². The highest BCUT2D eigenvalue weighted by Gasteiger charge is 2.16. The largest absolute Gasteiger partial charge is 0.465 e. The number of nitrogens with two attached hydrogens (primary N) is 1. The third-order valence-electron chi connectivity index (χ3n) is 1.55. The Morgan fingerprint density at radius 1 is 1.50 bits per heavy atom. The smallest absolute Gasteiger partial charge is 0.322 e. The lowest BCUT2D eigenvalue weighted by Crippen LogP contribution is -2.33. The summed E-state index contributed by atoms with van der Waals surface area (Å²) in [6.45, 7) is 8.63. The van der Waals surface area contributed by atoms with Crippen LogP contribution in [-0.2, 0) is 9.53 Å². The summed E-state index contributed by atoms with van der Waals surface area (Å²) in [5.41, 5.74) is 5.64. The van der Waals surface area contributed by atoms with Crippen molar-refractivity contribution < 1.29 is 9.53 Å². The van der Waals surface area contributed by atoms with Crippen LogP contribution >= 0.6 is 11.8 Å². The van der Waals surface area contributed by atoms with Gasteiger partial charge in [0.1, 0.15) is 6.04 Å². The average molecular weight is 219 g/mol. The Hall–Kier alpha value is -0.220. The molecular formula is C10H21NO2S. The molecule has 0 radical (unpaired) electrons. The van der Waals surface area contributed by atoms with Crippen LogP contribution in [0.2, 0.25) is 0 Å². The third-order valence-corrected chi connectivity index (χ3v) is 2.86. The van der Waals surface area contributed by atoms with Gasteiger partial charge in [0, 0.05) is 4.75 Å². The molecule has 0 aliphatic heterocycles. The molecule has 0 amide bonds. The Balaban J connectivity index is 3.63.